The molecule has 2 atom stereocenters. The highest BCUT2D eigenvalue weighted by Gasteiger charge is 2.43. The quantitative estimate of drug-likeness (QED) is 0.696. The van der Waals surface area contributed by atoms with Gasteiger partial charge in [-0.1, -0.05) is 0 Å². The molecule has 1 fully saturated rings. The average Bonchev–Trinajstić information content (AvgIpc) is 2.17. The third-order valence-electron chi connectivity index (χ3n) is 2.10. The van der Waals surface area contributed by atoms with Crippen molar-refractivity contribution in [3.63, 3.8) is 0 Å². The predicted molar refractivity (Wildman–Crippen MR) is 44.2 cm³/mol. The van der Waals surface area contributed by atoms with Gasteiger partial charge in [0.05, 0.1) is 20.1 Å². The Bertz CT molecular complexity index is 224. The summed E-state index contributed by atoms with van der Waals surface area (Å²) < 4.78 is 45.4. The molecule has 15 heavy (non-hydrogen) atoms. The second-order valence-corrected chi connectivity index (χ2v) is 3.25. The van der Waals surface area contributed by atoms with E-state index in [2.05, 4.69) is 14.8 Å². The Kier molecular flexibility index (Phi) is 3.92. The van der Waals surface area contributed by atoms with Crippen LogP contribution in [0.3, 0.4) is 0 Å². The number of carbonyl (C=O) groups is 1. The van der Waals surface area contributed by atoms with E-state index in [0.717, 1.165) is 0 Å². The lowest BCUT2D eigenvalue weighted by Gasteiger charge is -2.30. The standard InChI is InChI=1S/C8H12F3NO3/c1-14-7(13)2-5-4-15-6(3-12-5)8(9,10)11/h5-6,12H,2-4H2,1H3. The molecule has 0 aromatic rings. The Morgan fingerprint density at radius 3 is 2.67 bits per heavy atom. The van der Waals surface area contributed by atoms with Gasteiger partial charge in [0.1, 0.15) is 0 Å². The third kappa shape index (κ3) is 3.67. The second-order valence-electron chi connectivity index (χ2n) is 3.25. The minimum absolute atomic E-state index is 0.0150. The van der Waals surface area contributed by atoms with Crippen LogP contribution in [0.1, 0.15) is 6.42 Å². The molecule has 0 bridgehead atoms. The first-order chi connectivity index (χ1) is 6.93. The van der Waals surface area contributed by atoms with E-state index in [4.69, 9.17) is 0 Å². The molecular formula is C8H12F3NO3. The number of hydrogen-bond donors (Lipinski definition) is 1. The Labute approximate surface area is 84.7 Å². The Hall–Kier alpha value is -0.820. The van der Waals surface area contributed by atoms with E-state index in [0.29, 0.717) is 0 Å². The monoisotopic (exact) mass is 227 g/mol. The molecule has 7 heteroatoms. The summed E-state index contributed by atoms with van der Waals surface area (Å²) in [4.78, 5) is 10.8. The molecule has 1 saturated heterocycles. The maximum atomic E-state index is 12.1. The molecule has 0 spiro atoms. The molecule has 2 unspecified atom stereocenters. The molecule has 0 aromatic carbocycles. The van der Waals surface area contributed by atoms with Gasteiger partial charge in [-0.15, -0.1) is 0 Å². The maximum Gasteiger partial charge on any atom is 0.415 e. The summed E-state index contributed by atoms with van der Waals surface area (Å²) in [5.74, 6) is -0.471. The molecule has 0 aliphatic carbocycles. The van der Waals surface area contributed by atoms with Crippen molar-refractivity contribution in [1.82, 2.24) is 5.32 Å². The van der Waals surface area contributed by atoms with Crippen molar-refractivity contribution in [2.75, 3.05) is 20.3 Å². The summed E-state index contributed by atoms with van der Waals surface area (Å²) in [5.41, 5.74) is 0. The fraction of sp³-hybridized carbons (Fsp3) is 0.875. The fourth-order valence-electron chi connectivity index (χ4n) is 1.25. The fourth-order valence-corrected chi connectivity index (χ4v) is 1.25. The second kappa shape index (κ2) is 4.80. The van der Waals surface area contributed by atoms with Gasteiger partial charge in [-0.3, -0.25) is 4.79 Å². The van der Waals surface area contributed by atoms with E-state index in [1.54, 1.807) is 0 Å². The Morgan fingerprint density at radius 1 is 1.60 bits per heavy atom. The van der Waals surface area contributed by atoms with Crippen molar-refractivity contribution in [1.29, 1.82) is 0 Å². The predicted octanol–water partition coefficient (Wildman–Crippen LogP) is 0.469. The first-order valence-corrected chi connectivity index (χ1v) is 4.42. The largest absolute Gasteiger partial charge is 0.469 e. The Morgan fingerprint density at radius 2 is 2.27 bits per heavy atom. The van der Waals surface area contributed by atoms with Crippen LogP contribution in [-0.4, -0.2) is 44.6 Å². The van der Waals surface area contributed by atoms with Gasteiger partial charge in [0.15, 0.2) is 6.10 Å². The number of esters is 1. The van der Waals surface area contributed by atoms with Crippen LogP contribution in [0.2, 0.25) is 0 Å². The van der Waals surface area contributed by atoms with Gasteiger partial charge in [0, 0.05) is 12.6 Å². The number of carbonyl (C=O) groups excluding carboxylic acids is 1. The van der Waals surface area contributed by atoms with E-state index in [9.17, 15) is 18.0 Å². The zero-order valence-electron chi connectivity index (χ0n) is 8.13. The zero-order chi connectivity index (χ0) is 11.5. The lowest BCUT2D eigenvalue weighted by molar-refractivity contribution is -0.229. The molecule has 1 heterocycles. The van der Waals surface area contributed by atoms with E-state index in [1.807, 2.05) is 0 Å². The SMILES string of the molecule is COC(=O)CC1COC(C(F)(F)F)CN1. The van der Waals surface area contributed by atoms with E-state index in [1.165, 1.54) is 7.11 Å². The highest BCUT2D eigenvalue weighted by atomic mass is 19.4. The maximum absolute atomic E-state index is 12.1. The first-order valence-electron chi connectivity index (χ1n) is 4.42. The number of rotatable bonds is 2. The number of hydrogen-bond acceptors (Lipinski definition) is 4. The van der Waals surface area contributed by atoms with Crippen LogP contribution in [0.5, 0.6) is 0 Å². The third-order valence-corrected chi connectivity index (χ3v) is 2.10. The van der Waals surface area contributed by atoms with Crippen LogP contribution in [0.25, 0.3) is 0 Å². The van der Waals surface area contributed by atoms with Crippen molar-refractivity contribution >= 4 is 5.97 Å². The number of alkyl halides is 3. The highest BCUT2D eigenvalue weighted by Crippen LogP contribution is 2.24. The van der Waals surface area contributed by atoms with Crippen LogP contribution in [0.15, 0.2) is 0 Å². The van der Waals surface area contributed by atoms with Gasteiger partial charge in [-0.05, 0) is 0 Å². The summed E-state index contributed by atoms with van der Waals surface area (Å²) in [6.45, 7) is -0.468. The summed E-state index contributed by atoms with van der Waals surface area (Å²) >= 11 is 0. The average molecular weight is 227 g/mol. The molecule has 88 valence electrons. The lowest BCUT2D eigenvalue weighted by atomic mass is 10.1. The normalized spacial score (nSPS) is 27.5. The summed E-state index contributed by atoms with van der Waals surface area (Å²) in [6.07, 6.45) is -6.13. The van der Waals surface area contributed by atoms with Crippen LogP contribution in [-0.2, 0) is 14.3 Å². The topological polar surface area (TPSA) is 47.6 Å². The molecule has 0 aromatic heterocycles. The summed E-state index contributed by atoms with van der Waals surface area (Å²) in [6, 6.07) is -0.406. The van der Waals surface area contributed by atoms with Gasteiger partial charge in [-0.2, -0.15) is 13.2 Å². The van der Waals surface area contributed by atoms with Crippen molar-refractivity contribution < 1.29 is 27.4 Å². The minimum Gasteiger partial charge on any atom is -0.469 e. The van der Waals surface area contributed by atoms with Crippen LogP contribution in [0.4, 0.5) is 13.2 Å². The van der Waals surface area contributed by atoms with Crippen molar-refractivity contribution in [2.24, 2.45) is 0 Å². The molecule has 1 N–H and O–H groups in total. The van der Waals surface area contributed by atoms with Gasteiger partial charge >= 0.3 is 12.1 Å². The van der Waals surface area contributed by atoms with Gasteiger partial charge in [-0.25, -0.2) is 0 Å². The smallest absolute Gasteiger partial charge is 0.415 e. The summed E-state index contributed by atoms with van der Waals surface area (Å²) in [7, 11) is 1.23. The van der Waals surface area contributed by atoms with Crippen molar-refractivity contribution in [3.05, 3.63) is 0 Å². The highest BCUT2D eigenvalue weighted by molar-refractivity contribution is 5.69. The molecule has 1 aliphatic heterocycles. The molecule has 0 saturated carbocycles. The van der Waals surface area contributed by atoms with E-state index < -0.39 is 24.3 Å². The summed E-state index contributed by atoms with van der Waals surface area (Å²) in [5, 5.41) is 2.60. The zero-order valence-corrected chi connectivity index (χ0v) is 8.13. The number of ether oxygens (including phenoxy) is 2. The minimum atomic E-state index is -4.36. The van der Waals surface area contributed by atoms with E-state index in [-0.39, 0.29) is 19.6 Å². The molecule has 0 radical (unpaired) electrons. The lowest BCUT2D eigenvalue weighted by Crippen LogP contribution is -2.52. The van der Waals surface area contributed by atoms with Gasteiger partial charge in [0.25, 0.3) is 0 Å². The van der Waals surface area contributed by atoms with Gasteiger partial charge in [0.2, 0.25) is 0 Å². The molecule has 4 nitrogen and oxygen atoms in total. The first kappa shape index (κ1) is 12.3. The molecule has 1 aliphatic rings. The van der Waals surface area contributed by atoms with Crippen molar-refractivity contribution in [3.8, 4) is 0 Å². The number of methoxy groups -OCH3 is 1. The van der Waals surface area contributed by atoms with E-state index >= 15 is 0 Å². The Balaban J connectivity index is 2.33. The van der Waals surface area contributed by atoms with Crippen LogP contribution >= 0.6 is 0 Å². The molecule has 1 rings (SSSR count). The number of nitrogens with one attached hydrogen (secondary N) is 1. The molecule has 0 amide bonds. The van der Waals surface area contributed by atoms with Crippen LogP contribution in [0, 0.1) is 0 Å². The molecular weight excluding hydrogens is 215 g/mol. The number of halogens is 3. The van der Waals surface area contributed by atoms with Gasteiger partial charge < -0.3 is 14.8 Å². The van der Waals surface area contributed by atoms with Crippen molar-refractivity contribution in [2.45, 2.75) is 24.7 Å². The number of morpholine rings is 1. The van der Waals surface area contributed by atoms with Crippen LogP contribution < -0.4 is 5.32 Å².